The van der Waals surface area contributed by atoms with Gasteiger partial charge >= 0.3 is 12.6 Å². The lowest BCUT2D eigenvalue weighted by Crippen LogP contribution is -2.47. The highest BCUT2D eigenvalue weighted by Gasteiger charge is 2.54. The average molecular weight is 683 g/mol. The molecule has 0 bridgehead atoms. The molecule has 1 aliphatic carbocycles. The van der Waals surface area contributed by atoms with Crippen molar-refractivity contribution in [3.8, 4) is 21.7 Å². The third kappa shape index (κ3) is 6.84. The summed E-state index contributed by atoms with van der Waals surface area (Å²) in [6, 6.07) is 11.4. The minimum atomic E-state index is -2.76. The monoisotopic (exact) mass is 682 g/mol. The summed E-state index contributed by atoms with van der Waals surface area (Å²) in [7, 11) is 0. The van der Waals surface area contributed by atoms with Crippen molar-refractivity contribution in [3.63, 3.8) is 0 Å². The van der Waals surface area contributed by atoms with Crippen LogP contribution in [-0.4, -0.2) is 54.6 Å². The van der Waals surface area contributed by atoms with Crippen LogP contribution in [0.2, 0.25) is 5.02 Å². The second-order valence-corrected chi connectivity index (χ2v) is 14.1. The zero-order valence-electron chi connectivity index (χ0n) is 25.8. The maximum absolute atomic E-state index is 14.8. The van der Waals surface area contributed by atoms with Crippen molar-refractivity contribution in [1.29, 1.82) is 5.41 Å². The van der Waals surface area contributed by atoms with Crippen molar-refractivity contribution in [2.75, 3.05) is 6.61 Å². The Bertz CT molecular complexity index is 1790. The van der Waals surface area contributed by atoms with Crippen LogP contribution in [0.4, 0.5) is 13.6 Å². The Balaban J connectivity index is 1.38. The number of carbonyl (C=O) groups is 2. The molecule has 11 nitrogen and oxygen atoms in total. The van der Waals surface area contributed by atoms with Crippen molar-refractivity contribution < 1.29 is 23.1 Å². The minimum Gasteiger partial charge on any atom is -0.447 e. The smallest absolute Gasteiger partial charge is 0.407 e. The van der Waals surface area contributed by atoms with Crippen LogP contribution in [0.15, 0.2) is 61.2 Å². The quantitative estimate of drug-likeness (QED) is 0.168. The molecule has 0 unspecified atom stereocenters. The number of rotatable bonds is 10. The van der Waals surface area contributed by atoms with E-state index in [1.165, 1.54) is 23.6 Å². The summed E-state index contributed by atoms with van der Waals surface area (Å²) in [5, 5.41) is 19.8. The molecule has 2 aromatic heterocycles. The minimum absolute atomic E-state index is 0.0704. The standard InChI is InChI=1S/C32H33ClF2N8O3S/c1-31(2,3)16-32(21-7-4-18(5-8-21)20-13-38-42(14-20)28(34)35)27(44)43(29(36)41-32)25(15-46-30(45)40-22-9-10-22)19-6-11-24(33)23(12-19)26-37-17-39-47-26/h4-8,11-14,17,22,25,28H,9-10,15-16H2,1-3H3,(H2,36,41)(H,40,45)/t25-,32-/m1/s1. The summed E-state index contributed by atoms with van der Waals surface area (Å²) in [4.78, 5) is 33.1. The van der Waals surface area contributed by atoms with Crippen molar-refractivity contribution in [2.45, 2.75) is 64.2 Å². The molecule has 3 N–H and O–H groups in total. The predicted octanol–water partition coefficient (Wildman–Crippen LogP) is 6.75. The Morgan fingerprint density at radius 1 is 1.21 bits per heavy atom. The Labute approximate surface area is 279 Å². The van der Waals surface area contributed by atoms with Gasteiger partial charge in [-0.15, -0.1) is 0 Å². The number of aromatic nitrogens is 4. The van der Waals surface area contributed by atoms with Gasteiger partial charge in [0, 0.05) is 23.4 Å². The molecule has 1 aliphatic heterocycles. The highest BCUT2D eigenvalue weighted by Crippen LogP contribution is 2.43. The first-order valence-corrected chi connectivity index (χ1v) is 16.1. The van der Waals surface area contributed by atoms with Gasteiger partial charge in [0.1, 0.15) is 23.5 Å². The average Bonchev–Trinajstić information content (AvgIpc) is 3.38. The molecular weight excluding hydrogens is 650 g/mol. The Morgan fingerprint density at radius 2 is 1.96 bits per heavy atom. The molecular formula is C32H33ClF2N8O3S. The highest BCUT2D eigenvalue weighted by molar-refractivity contribution is 7.09. The number of guanidine groups is 1. The highest BCUT2D eigenvalue weighted by atomic mass is 35.5. The molecule has 0 spiro atoms. The molecule has 2 aliphatic rings. The van der Waals surface area contributed by atoms with Gasteiger partial charge in [-0.1, -0.05) is 62.7 Å². The number of hydrogen-bond donors (Lipinski definition) is 3. The van der Waals surface area contributed by atoms with E-state index < -0.39 is 30.1 Å². The van der Waals surface area contributed by atoms with Crippen LogP contribution < -0.4 is 10.6 Å². The second kappa shape index (κ2) is 12.6. The van der Waals surface area contributed by atoms with Crippen molar-refractivity contribution >= 4 is 41.1 Å². The number of nitrogens with zero attached hydrogens (tertiary/aromatic N) is 5. The molecule has 15 heteroatoms. The number of benzene rings is 2. The molecule has 47 heavy (non-hydrogen) atoms. The van der Waals surface area contributed by atoms with Gasteiger partial charge in [0.05, 0.1) is 17.3 Å². The van der Waals surface area contributed by atoms with Gasteiger partial charge < -0.3 is 15.4 Å². The van der Waals surface area contributed by atoms with Crippen LogP contribution >= 0.6 is 23.1 Å². The van der Waals surface area contributed by atoms with E-state index in [2.05, 4.69) is 25.1 Å². The van der Waals surface area contributed by atoms with E-state index in [1.54, 1.807) is 42.5 Å². The van der Waals surface area contributed by atoms with Gasteiger partial charge in [-0.2, -0.15) is 18.3 Å². The Kier molecular flexibility index (Phi) is 8.74. The topological polar surface area (TPSA) is 138 Å². The zero-order chi connectivity index (χ0) is 33.5. The number of alkyl carbamates (subject to hydrolysis) is 1. The molecule has 1 saturated carbocycles. The number of alkyl halides is 2. The summed E-state index contributed by atoms with van der Waals surface area (Å²) >= 11 is 7.70. The molecule has 2 aromatic carbocycles. The largest absolute Gasteiger partial charge is 0.447 e. The van der Waals surface area contributed by atoms with Crippen molar-refractivity contribution in [3.05, 3.63) is 77.3 Å². The SMILES string of the molecule is CC(C)(C)C[C@]1(c2ccc(-c3cnn(C(F)F)c3)cc2)NC(=N)N([C@H](COC(=O)NC2CC2)c2ccc(Cl)c(-c3ncns3)c2)C1=O. The van der Waals surface area contributed by atoms with Gasteiger partial charge in [0.2, 0.25) is 0 Å². The lowest BCUT2D eigenvalue weighted by molar-refractivity contribution is -0.134. The molecule has 2 fully saturated rings. The first kappa shape index (κ1) is 32.5. The number of halogens is 3. The van der Waals surface area contributed by atoms with E-state index in [0.29, 0.717) is 49.0 Å². The molecule has 246 valence electrons. The fraction of sp³-hybridized carbons (Fsp3) is 0.375. The summed E-state index contributed by atoms with van der Waals surface area (Å²) < 4.78 is 36.6. The van der Waals surface area contributed by atoms with E-state index in [1.807, 2.05) is 20.8 Å². The van der Waals surface area contributed by atoms with Crippen LogP contribution in [0.5, 0.6) is 0 Å². The molecule has 3 heterocycles. The second-order valence-electron chi connectivity index (χ2n) is 12.9. The first-order chi connectivity index (χ1) is 22.3. The van der Waals surface area contributed by atoms with Gasteiger partial charge in [0.15, 0.2) is 5.96 Å². The molecule has 6 rings (SSSR count). The van der Waals surface area contributed by atoms with E-state index >= 15 is 0 Å². The van der Waals surface area contributed by atoms with Crippen molar-refractivity contribution in [2.24, 2.45) is 5.41 Å². The Morgan fingerprint density at radius 3 is 2.57 bits per heavy atom. The maximum atomic E-state index is 14.8. The predicted molar refractivity (Wildman–Crippen MR) is 173 cm³/mol. The van der Waals surface area contributed by atoms with Gasteiger partial charge in [-0.25, -0.2) is 14.5 Å². The van der Waals surface area contributed by atoms with Gasteiger partial charge in [0.25, 0.3) is 5.91 Å². The van der Waals surface area contributed by atoms with Crippen molar-refractivity contribution in [1.82, 2.24) is 34.7 Å². The lowest BCUT2D eigenvalue weighted by Gasteiger charge is -2.35. The zero-order valence-corrected chi connectivity index (χ0v) is 27.4. The number of amides is 2. The number of nitrogens with one attached hydrogen (secondary N) is 3. The number of ether oxygens (including phenoxy) is 1. The summed E-state index contributed by atoms with van der Waals surface area (Å²) in [6.45, 7) is 3.00. The van der Waals surface area contributed by atoms with Gasteiger partial charge in [-0.3, -0.25) is 15.1 Å². The van der Waals surface area contributed by atoms with Crippen LogP contribution in [0.1, 0.15) is 63.8 Å². The normalized spacial score (nSPS) is 18.8. The van der Waals surface area contributed by atoms with Gasteiger partial charge in [-0.05, 0) is 65.0 Å². The molecule has 1 saturated heterocycles. The molecule has 2 atom stereocenters. The summed E-state index contributed by atoms with van der Waals surface area (Å²) in [5.41, 5.74) is 1.17. The lowest BCUT2D eigenvalue weighted by atomic mass is 9.75. The van der Waals surface area contributed by atoms with Crippen LogP contribution in [0.25, 0.3) is 21.7 Å². The fourth-order valence-electron chi connectivity index (χ4n) is 5.79. The van der Waals surface area contributed by atoms with E-state index in [-0.39, 0.29) is 24.0 Å². The van der Waals surface area contributed by atoms with E-state index in [9.17, 15) is 18.4 Å². The summed E-state index contributed by atoms with van der Waals surface area (Å²) in [6.07, 6.45) is 5.50. The first-order valence-electron chi connectivity index (χ1n) is 15.0. The van der Waals surface area contributed by atoms with Crippen LogP contribution in [0.3, 0.4) is 0 Å². The molecule has 4 aromatic rings. The molecule has 0 radical (unpaired) electrons. The molecule has 2 amide bonds. The number of carbonyl (C=O) groups excluding carboxylic acids is 2. The van der Waals surface area contributed by atoms with Crippen LogP contribution in [0, 0.1) is 10.8 Å². The maximum Gasteiger partial charge on any atom is 0.407 e. The summed E-state index contributed by atoms with van der Waals surface area (Å²) in [5.74, 6) is -0.565. The number of hydrogen-bond acceptors (Lipinski definition) is 8. The van der Waals surface area contributed by atoms with Crippen LogP contribution in [-0.2, 0) is 15.1 Å². The van der Waals surface area contributed by atoms with E-state index in [4.69, 9.17) is 21.7 Å². The van der Waals surface area contributed by atoms with E-state index in [0.717, 1.165) is 24.4 Å². The third-order valence-electron chi connectivity index (χ3n) is 8.01. The third-order valence-corrected chi connectivity index (χ3v) is 9.04. The fourth-order valence-corrected chi connectivity index (χ4v) is 6.61. The Hall–Kier alpha value is -4.43.